The van der Waals surface area contributed by atoms with Gasteiger partial charge in [0.1, 0.15) is 5.75 Å². The first kappa shape index (κ1) is 11.1. The number of pyridine rings is 1. The highest BCUT2D eigenvalue weighted by Crippen LogP contribution is 2.22. The Morgan fingerprint density at radius 1 is 1.24 bits per heavy atom. The molecule has 0 aliphatic rings. The monoisotopic (exact) mass is 232 g/mol. The number of carbonyl (C=O) groups is 1. The maximum Gasteiger partial charge on any atom is 0.277 e. The highest BCUT2D eigenvalue weighted by atomic mass is 19.1. The van der Waals surface area contributed by atoms with Gasteiger partial charge in [0, 0.05) is 6.20 Å². The molecule has 1 aromatic carbocycles. The summed E-state index contributed by atoms with van der Waals surface area (Å²) in [4.78, 5) is 15.3. The number of phenols is 1. The van der Waals surface area contributed by atoms with Gasteiger partial charge in [-0.3, -0.25) is 4.79 Å². The molecule has 2 aromatic rings. The molecule has 5 heteroatoms. The smallest absolute Gasteiger partial charge is 0.277 e. The lowest BCUT2D eigenvalue weighted by atomic mass is 10.2. The molecule has 0 spiro atoms. The van der Waals surface area contributed by atoms with Crippen molar-refractivity contribution in [3.05, 3.63) is 54.1 Å². The van der Waals surface area contributed by atoms with Crippen LogP contribution in [0.2, 0.25) is 0 Å². The van der Waals surface area contributed by atoms with Crippen LogP contribution in [0.3, 0.4) is 0 Å². The van der Waals surface area contributed by atoms with Gasteiger partial charge in [-0.15, -0.1) is 0 Å². The third-order valence-electron chi connectivity index (χ3n) is 2.13. The Bertz CT molecular complexity index is 558. The molecular formula is C12H9FN2O2. The largest absolute Gasteiger partial charge is 0.506 e. The summed E-state index contributed by atoms with van der Waals surface area (Å²) in [5, 5.41) is 11.8. The number of rotatable bonds is 2. The van der Waals surface area contributed by atoms with Crippen molar-refractivity contribution in [2.45, 2.75) is 0 Å². The summed E-state index contributed by atoms with van der Waals surface area (Å²) < 4.78 is 13.3. The minimum Gasteiger partial charge on any atom is -0.506 e. The van der Waals surface area contributed by atoms with E-state index in [1.807, 2.05) is 0 Å². The average molecular weight is 232 g/mol. The summed E-state index contributed by atoms with van der Waals surface area (Å²) in [6, 6.07) is 8.73. The Hall–Kier alpha value is -2.43. The number of benzene rings is 1. The van der Waals surface area contributed by atoms with Gasteiger partial charge in [-0.2, -0.15) is 0 Å². The van der Waals surface area contributed by atoms with Crippen LogP contribution in [0.4, 0.5) is 10.1 Å². The summed E-state index contributed by atoms with van der Waals surface area (Å²) in [5.74, 6) is -1.50. The van der Waals surface area contributed by atoms with Crippen molar-refractivity contribution >= 4 is 11.6 Å². The number of hydrogen-bond donors (Lipinski definition) is 2. The van der Waals surface area contributed by atoms with E-state index in [9.17, 15) is 14.3 Å². The number of para-hydroxylation sites is 2. The first-order chi connectivity index (χ1) is 8.18. The van der Waals surface area contributed by atoms with Crippen molar-refractivity contribution in [3.63, 3.8) is 0 Å². The van der Waals surface area contributed by atoms with Crippen LogP contribution in [-0.2, 0) is 0 Å². The SMILES string of the molecule is O=C(Nc1ccccc1O)c1ncccc1F. The van der Waals surface area contributed by atoms with Crippen LogP contribution in [0.25, 0.3) is 0 Å². The molecule has 1 heterocycles. The lowest BCUT2D eigenvalue weighted by Crippen LogP contribution is -2.15. The minimum atomic E-state index is -0.708. The Kier molecular flexibility index (Phi) is 3.00. The molecule has 0 aliphatic carbocycles. The number of halogens is 1. The number of hydrogen-bond acceptors (Lipinski definition) is 3. The zero-order valence-corrected chi connectivity index (χ0v) is 8.72. The lowest BCUT2D eigenvalue weighted by molar-refractivity contribution is 0.101. The van der Waals surface area contributed by atoms with Crippen molar-refractivity contribution in [1.82, 2.24) is 4.98 Å². The van der Waals surface area contributed by atoms with E-state index in [0.717, 1.165) is 6.07 Å². The van der Waals surface area contributed by atoms with E-state index in [4.69, 9.17) is 0 Å². The van der Waals surface area contributed by atoms with Crippen molar-refractivity contribution in [2.24, 2.45) is 0 Å². The molecule has 0 saturated heterocycles. The van der Waals surface area contributed by atoms with E-state index in [-0.39, 0.29) is 17.1 Å². The van der Waals surface area contributed by atoms with Crippen LogP contribution in [0.5, 0.6) is 5.75 Å². The van der Waals surface area contributed by atoms with Crippen molar-refractivity contribution in [3.8, 4) is 5.75 Å². The second kappa shape index (κ2) is 4.61. The number of amides is 1. The van der Waals surface area contributed by atoms with Crippen molar-refractivity contribution in [1.29, 1.82) is 0 Å². The maximum absolute atomic E-state index is 13.3. The molecule has 2 rings (SSSR count). The molecule has 0 fully saturated rings. The van der Waals surface area contributed by atoms with Crippen LogP contribution in [0.1, 0.15) is 10.5 Å². The second-order valence-corrected chi connectivity index (χ2v) is 3.31. The Morgan fingerprint density at radius 3 is 2.71 bits per heavy atom. The average Bonchev–Trinajstić information content (AvgIpc) is 2.32. The number of anilines is 1. The molecule has 0 radical (unpaired) electrons. The van der Waals surface area contributed by atoms with Gasteiger partial charge in [0.2, 0.25) is 0 Å². The normalized spacial score (nSPS) is 9.94. The van der Waals surface area contributed by atoms with Crippen LogP contribution in [0.15, 0.2) is 42.6 Å². The molecule has 4 nitrogen and oxygen atoms in total. The topological polar surface area (TPSA) is 62.2 Å². The Balaban J connectivity index is 2.24. The predicted molar refractivity (Wildman–Crippen MR) is 60.3 cm³/mol. The van der Waals surface area contributed by atoms with Gasteiger partial charge in [0.25, 0.3) is 5.91 Å². The fraction of sp³-hybridized carbons (Fsp3) is 0. The first-order valence-corrected chi connectivity index (χ1v) is 4.88. The van der Waals surface area contributed by atoms with Crippen LogP contribution >= 0.6 is 0 Å². The summed E-state index contributed by atoms with van der Waals surface area (Å²) in [6.45, 7) is 0. The number of nitrogens with zero attached hydrogens (tertiary/aromatic N) is 1. The highest BCUT2D eigenvalue weighted by Gasteiger charge is 2.13. The van der Waals surface area contributed by atoms with Gasteiger partial charge in [-0.1, -0.05) is 12.1 Å². The highest BCUT2D eigenvalue weighted by molar-refractivity contribution is 6.03. The van der Waals surface area contributed by atoms with Crippen LogP contribution in [0, 0.1) is 5.82 Å². The Labute approximate surface area is 96.7 Å². The molecule has 2 N–H and O–H groups in total. The number of nitrogens with one attached hydrogen (secondary N) is 1. The molecule has 1 aromatic heterocycles. The summed E-state index contributed by atoms with van der Waals surface area (Å²) in [6.07, 6.45) is 1.32. The third kappa shape index (κ3) is 2.39. The van der Waals surface area contributed by atoms with E-state index in [1.54, 1.807) is 12.1 Å². The first-order valence-electron chi connectivity index (χ1n) is 4.88. The summed E-state index contributed by atoms with van der Waals surface area (Å²) >= 11 is 0. The maximum atomic E-state index is 13.3. The molecule has 0 bridgehead atoms. The van der Waals surface area contributed by atoms with Gasteiger partial charge in [0.05, 0.1) is 5.69 Å². The fourth-order valence-corrected chi connectivity index (χ4v) is 1.31. The van der Waals surface area contributed by atoms with Gasteiger partial charge in [-0.05, 0) is 24.3 Å². The molecule has 1 amide bonds. The van der Waals surface area contributed by atoms with Crippen molar-refractivity contribution in [2.75, 3.05) is 5.32 Å². The minimum absolute atomic E-state index is 0.0859. The van der Waals surface area contributed by atoms with Gasteiger partial charge in [0.15, 0.2) is 11.5 Å². The van der Waals surface area contributed by atoms with E-state index >= 15 is 0 Å². The molecular weight excluding hydrogens is 223 g/mol. The molecule has 0 aliphatic heterocycles. The fourth-order valence-electron chi connectivity index (χ4n) is 1.31. The number of aromatic nitrogens is 1. The second-order valence-electron chi connectivity index (χ2n) is 3.31. The van der Waals surface area contributed by atoms with E-state index < -0.39 is 11.7 Å². The van der Waals surface area contributed by atoms with Crippen LogP contribution in [-0.4, -0.2) is 16.0 Å². The van der Waals surface area contributed by atoms with Gasteiger partial charge >= 0.3 is 0 Å². The van der Waals surface area contributed by atoms with E-state index in [2.05, 4.69) is 10.3 Å². The number of carbonyl (C=O) groups excluding carboxylic acids is 1. The molecule has 0 saturated carbocycles. The third-order valence-corrected chi connectivity index (χ3v) is 2.13. The summed E-state index contributed by atoms with van der Waals surface area (Å²) in [5.41, 5.74) is -0.0988. The number of aromatic hydroxyl groups is 1. The molecule has 17 heavy (non-hydrogen) atoms. The molecule has 0 unspecified atom stereocenters. The Morgan fingerprint density at radius 2 is 2.00 bits per heavy atom. The number of phenolic OH excluding ortho intramolecular Hbond substituents is 1. The van der Waals surface area contributed by atoms with Crippen LogP contribution < -0.4 is 5.32 Å². The van der Waals surface area contributed by atoms with Gasteiger partial charge in [-0.25, -0.2) is 9.37 Å². The van der Waals surface area contributed by atoms with Gasteiger partial charge < -0.3 is 10.4 Å². The lowest BCUT2D eigenvalue weighted by Gasteiger charge is -2.06. The quantitative estimate of drug-likeness (QED) is 0.780. The van der Waals surface area contributed by atoms with Crippen molar-refractivity contribution < 1.29 is 14.3 Å². The van der Waals surface area contributed by atoms with E-state index in [0.29, 0.717) is 0 Å². The zero-order chi connectivity index (χ0) is 12.3. The summed E-state index contributed by atoms with van der Waals surface area (Å²) in [7, 11) is 0. The zero-order valence-electron chi connectivity index (χ0n) is 8.72. The van der Waals surface area contributed by atoms with E-state index in [1.165, 1.54) is 24.4 Å². The standard InChI is InChI=1S/C12H9FN2O2/c13-8-4-3-7-14-11(8)12(17)15-9-5-1-2-6-10(9)16/h1-7,16H,(H,15,17). The predicted octanol–water partition coefficient (Wildman–Crippen LogP) is 2.18. The molecule has 86 valence electrons. The molecule has 0 atom stereocenters.